The van der Waals surface area contributed by atoms with Crippen LogP contribution in [-0.2, 0) is 7.05 Å². The van der Waals surface area contributed by atoms with Crippen molar-refractivity contribution >= 4 is 11.9 Å². The first-order chi connectivity index (χ1) is 12.1. The highest BCUT2D eigenvalue weighted by atomic mass is 16.4. The maximum atomic E-state index is 12.8. The van der Waals surface area contributed by atoms with Gasteiger partial charge in [0.15, 0.2) is 0 Å². The Kier molecular flexibility index (Phi) is 4.61. The number of carbonyl (C=O) groups is 2. The van der Waals surface area contributed by atoms with Crippen molar-refractivity contribution in [1.82, 2.24) is 15.1 Å². The average molecular weight is 335 g/mol. The monoisotopic (exact) mass is 335 g/mol. The molecule has 0 radical (unpaired) electrons. The number of amides is 1. The predicted molar refractivity (Wildman–Crippen MR) is 92.4 cm³/mol. The van der Waals surface area contributed by atoms with Crippen molar-refractivity contribution < 1.29 is 14.7 Å². The van der Waals surface area contributed by atoms with Crippen LogP contribution in [0.4, 0.5) is 0 Å². The number of nitrogens with zero attached hydrogens (tertiary/aromatic N) is 2. The van der Waals surface area contributed by atoms with E-state index in [1.165, 1.54) is 10.9 Å². The minimum Gasteiger partial charge on any atom is -0.478 e. The van der Waals surface area contributed by atoms with E-state index in [-0.39, 0.29) is 11.3 Å². The lowest BCUT2D eigenvalue weighted by molar-refractivity contribution is 0.0690. The Labute approximate surface area is 144 Å². The first kappa shape index (κ1) is 16.4. The van der Waals surface area contributed by atoms with Crippen molar-refractivity contribution in [2.75, 3.05) is 0 Å². The number of carboxylic acids is 1. The highest BCUT2D eigenvalue weighted by Gasteiger charge is 2.25. The Bertz CT molecular complexity index is 849. The van der Waals surface area contributed by atoms with Crippen LogP contribution in [0.1, 0.15) is 38.0 Å². The first-order valence-corrected chi connectivity index (χ1v) is 7.74. The van der Waals surface area contributed by atoms with E-state index in [2.05, 4.69) is 10.4 Å². The second-order valence-electron chi connectivity index (χ2n) is 5.56. The van der Waals surface area contributed by atoms with Gasteiger partial charge in [-0.15, -0.1) is 0 Å². The largest absolute Gasteiger partial charge is 0.478 e. The lowest BCUT2D eigenvalue weighted by Gasteiger charge is -2.20. The molecule has 126 valence electrons. The molecule has 6 nitrogen and oxygen atoms in total. The minimum atomic E-state index is -1.19. The third kappa shape index (κ3) is 3.42. The molecule has 2 N–H and O–H groups in total. The van der Waals surface area contributed by atoms with Gasteiger partial charge in [-0.25, -0.2) is 4.79 Å². The van der Waals surface area contributed by atoms with Gasteiger partial charge in [0.25, 0.3) is 5.91 Å². The molecule has 3 rings (SSSR count). The molecular formula is C19H17N3O3. The van der Waals surface area contributed by atoms with Gasteiger partial charge in [-0.1, -0.05) is 60.7 Å². The zero-order chi connectivity index (χ0) is 17.8. The molecule has 1 heterocycles. The maximum absolute atomic E-state index is 12.8. The van der Waals surface area contributed by atoms with Crippen LogP contribution in [0.5, 0.6) is 0 Å². The summed E-state index contributed by atoms with van der Waals surface area (Å²) in [6, 6.07) is 18.6. The van der Waals surface area contributed by atoms with Gasteiger partial charge in [0.05, 0.1) is 12.2 Å². The number of carbonyl (C=O) groups excluding carboxylic acids is 1. The van der Waals surface area contributed by atoms with E-state index in [1.807, 2.05) is 60.7 Å². The Hall–Kier alpha value is -3.41. The van der Waals surface area contributed by atoms with Crippen molar-refractivity contribution in [2.45, 2.75) is 6.04 Å². The molecule has 2 aromatic carbocycles. The third-order valence-corrected chi connectivity index (χ3v) is 3.93. The zero-order valence-electron chi connectivity index (χ0n) is 13.6. The molecule has 6 heteroatoms. The molecule has 1 amide bonds. The number of aryl methyl sites for hydroxylation is 1. The molecule has 3 aromatic rings. The standard InChI is InChI=1S/C19H17N3O3/c1-22-17(15(12-20-22)19(24)25)18(23)21-16(13-8-4-2-5-9-13)14-10-6-3-7-11-14/h2-12,16H,1H3,(H,21,23)(H,24,25). The van der Waals surface area contributed by atoms with Crippen LogP contribution in [0.25, 0.3) is 0 Å². The summed E-state index contributed by atoms with van der Waals surface area (Å²) >= 11 is 0. The summed E-state index contributed by atoms with van der Waals surface area (Å²) in [5, 5.41) is 16.1. The van der Waals surface area contributed by atoms with E-state index in [1.54, 1.807) is 7.05 Å². The molecule has 0 spiro atoms. The van der Waals surface area contributed by atoms with E-state index < -0.39 is 17.9 Å². The van der Waals surface area contributed by atoms with Crippen LogP contribution in [0.3, 0.4) is 0 Å². The van der Waals surface area contributed by atoms with Crippen LogP contribution >= 0.6 is 0 Å². The van der Waals surface area contributed by atoms with Gasteiger partial charge in [0, 0.05) is 7.05 Å². The fraction of sp³-hybridized carbons (Fsp3) is 0.105. The van der Waals surface area contributed by atoms with E-state index in [0.717, 1.165) is 11.1 Å². The number of carboxylic acid groups (broad SMARTS) is 1. The SMILES string of the molecule is Cn1ncc(C(=O)O)c1C(=O)NC(c1ccccc1)c1ccccc1. The molecule has 0 atom stereocenters. The quantitative estimate of drug-likeness (QED) is 0.751. The minimum absolute atomic E-state index is 0.0179. The molecule has 0 aliphatic rings. The van der Waals surface area contributed by atoms with Crippen LogP contribution in [0, 0.1) is 0 Å². The lowest BCUT2D eigenvalue weighted by atomic mass is 9.98. The van der Waals surface area contributed by atoms with Crippen LogP contribution in [-0.4, -0.2) is 26.8 Å². The number of hydrogen-bond acceptors (Lipinski definition) is 3. The summed E-state index contributed by atoms with van der Waals surface area (Å²) in [5.74, 6) is -1.68. The molecular weight excluding hydrogens is 318 g/mol. The van der Waals surface area contributed by atoms with E-state index >= 15 is 0 Å². The fourth-order valence-corrected chi connectivity index (χ4v) is 2.71. The molecule has 0 aliphatic heterocycles. The van der Waals surface area contributed by atoms with Crippen molar-refractivity contribution in [3.05, 3.63) is 89.2 Å². The van der Waals surface area contributed by atoms with Crippen LogP contribution < -0.4 is 5.32 Å². The molecule has 0 fully saturated rings. The smallest absolute Gasteiger partial charge is 0.339 e. The van der Waals surface area contributed by atoms with Gasteiger partial charge in [-0.2, -0.15) is 5.10 Å². The van der Waals surface area contributed by atoms with E-state index in [0.29, 0.717) is 0 Å². The third-order valence-electron chi connectivity index (χ3n) is 3.93. The van der Waals surface area contributed by atoms with Crippen LogP contribution in [0.15, 0.2) is 66.9 Å². The van der Waals surface area contributed by atoms with Gasteiger partial charge in [-0.3, -0.25) is 9.48 Å². The van der Waals surface area contributed by atoms with Crippen molar-refractivity contribution in [3.63, 3.8) is 0 Å². The predicted octanol–water partition coefficient (Wildman–Crippen LogP) is 2.64. The second-order valence-corrected chi connectivity index (χ2v) is 5.56. The van der Waals surface area contributed by atoms with Crippen LogP contribution in [0.2, 0.25) is 0 Å². The molecule has 0 bridgehead atoms. The summed E-state index contributed by atoms with van der Waals surface area (Å²) < 4.78 is 1.27. The van der Waals surface area contributed by atoms with Crippen molar-refractivity contribution in [3.8, 4) is 0 Å². The fourth-order valence-electron chi connectivity index (χ4n) is 2.71. The number of hydrogen-bond donors (Lipinski definition) is 2. The molecule has 0 aliphatic carbocycles. The summed E-state index contributed by atoms with van der Waals surface area (Å²) in [5.41, 5.74) is 1.70. The Morgan fingerprint density at radius 3 is 2.00 bits per heavy atom. The van der Waals surface area contributed by atoms with Gasteiger partial charge in [0.1, 0.15) is 11.3 Å². The zero-order valence-corrected chi connectivity index (χ0v) is 13.6. The van der Waals surface area contributed by atoms with Gasteiger partial charge >= 0.3 is 5.97 Å². The van der Waals surface area contributed by atoms with Gasteiger partial charge in [0.2, 0.25) is 0 Å². The summed E-state index contributed by atoms with van der Waals surface area (Å²) in [6.07, 6.45) is 1.18. The lowest BCUT2D eigenvalue weighted by Crippen LogP contribution is -2.32. The van der Waals surface area contributed by atoms with Gasteiger partial charge < -0.3 is 10.4 Å². The number of rotatable bonds is 5. The first-order valence-electron chi connectivity index (χ1n) is 7.74. The molecule has 0 saturated carbocycles. The molecule has 25 heavy (non-hydrogen) atoms. The number of benzene rings is 2. The number of aromatic carboxylic acids is 1. The summed E-state index contributed by atoms with van der Waals surface area (Å²) in [4.78, 5) is 24.1. The van der Waals surface area contributed by atoms with E-state index in [4.69, 9.17) is 0 Å². The topological polar surface area (TPSA) is 84.2 Å². The highest BCUT2D eigenvalue weighted by molar-refractivity contribution is 6.03. The second kappa shape index (κ2) is 7.00. The summed E-state index contributed by atoms with van der Waals surface area (Å²) in [6.45, 7) is 0. The molecule has 0 unspecified atom stereocenters. The highest BCUT2D eigenvalue weighted by Crippen LogP contribution is 2.22. The van der Waals surface area contributed by atoms with Crippen molar-refractivity contribution in [1.29, 1.82) is 0 Å². The maximum Gasteiger partial charge on any atom is 0.339 e. The summed E-state index contributed by atoms with van der Waals surface area (Å²) in [7, 11) is 1.54. The Balaban J connectivity index is 1.98. The van der Waals surface area contributed by atoms with E-state index in [9.17, 15) is 14.7 Å². The number of aromatic nitrogens is 2. The Morgan fingerprint density at radius 1 is 1.00 bits per heavy atom. The molecule has 0 saturated heterocycles. The normalized spacial score (nSPS) is 10.6. The van der Waals surface area contributed by atoms with Crippen molar-refractivity contribution in [2.24, 2.45) is 7.05 Å². The Morgan fingerprint density at radius 2 is 1.52 bits per heavy atom. The number of nitrogens with one attached hydrogen (secondary N) is 1. The van der Waals surface area contributed by atoms with Gasteiger partial charge in [-0.05, 0) is 11.1 Å². The average Bonchev–Trinajstić information content (AvgIpc) is 3.03. The molecule has 1 aromatic heterocycles.